The second kappa shape index (κ2) is 5.41. The number of nitriles is 1. The van der Waals surface area contributed by atoms with Gasteiger partial charge in [-0.3, -0.25) is 5.10 Å². The zero-order valence-electron chi connectivity index (χ0n) is 10.9. The van der Waals surface area contributed by atoms with E-state index in [4.69, 9.17) is 0 Å². The molecule has 20 heavy (non-hydrogen) atoms. The average Bonchev–Trinajstić information content (AvgIpc) is 2.92. The van der Waals surface area contributed by atoms with Gasteiger partial charge in [-0.25, -0.2) is 0 Å². The molecule has 1 aromatic heterocycles. The highest BCUT2D eigenvalue weighted by molar-refractivity contribution is 5.67. The lowest BCUT2D eigenvalue weighted by atomic mass is 10.0. The summed E-state index contributed by atoms with van der Waals surface area (Å²) in [6.07, 6.45) is 0.684. The van der Waals surface area contributed by atoms with E-state index in [1.54, 1.807) is 0 Å². The predicted octanol–water partition coefficient (Wildman–Crippen LogP) is 3.54. The van der Waals surface area contributed by atoms with Gasteiger partial charge in [0.25, 0.3) is 0 Å². The summed E-state index contributed by atoms with van der Waals surface area (Å²) in [6.45, 7) is 0. The molecule has 3 nitrogen and oxygen atoms in total. The van der Waals surface area contributed by atoms with Crippen molar-refractivity contribution in [2.24, 2.45) is 0 Å². The van der Waals surface area contributed by atoms with Crippen molar-refractivity contribution in [3.05, 3.63) is 77.5 Å². The third-order valence-corrected chi connectivity index (χ3v) is 3.22. The molecule has 0 unspecified atom stereocenters. The zero-order chi connectivity index (χ0) is 13.8. The van der Waals surface area contributed by atoms with Crippen LogP contribution in [0.4, 0.5) is 0 Å². The van der Waals surface area contributed by atoms with E-state index in [9.17, 15) is 5.26 Å². The maximum Gasteiger partial charge on any atom is 0.110 e. The second-order valence-corrected chi connectivity index (χ2v) is 4.57. The van der Waals surface area contributed by atoms with Crippen molar-refractivity contribution in [2.45, 2.75) is 6.42 Å². The molecule has 0 spiro atoms. The summed E-state index contributed by atoms with van der Waals surface area (Å²) in [6, 6.07) is 22.1. The molecule has 0 radical (unpaired) electrons. The Bertz CT molecular complexity index is 737. The molecule has 0 saturated heterocycles. The van der Waals surface area contributed by atoms with E-state index in [1.807, 2.05) is 60.7 Å². The minimum atomic E-state index is 0.625. The summed E-state index contributed by atoms with van der Waals surface area (Å²) in [5, 5.41) is 16.7. The molecule has 0 aliphatic rings. The highest BCUT2D eigenvalue weighted by atomic mass is 15.1. The molecule has 0 amide bonds. The van der Waals surface area contributed by atoms with Crippen LogP contribution in [0, 0.1) is 11.3 Å². The van der Waals surface area contributed by atoms with Crippen molar-refractivity contribution in [2.75, 3.05) is 0 Å². The number of H-pyrrole nitrogens is 1. The number of aromatic nitrogens is 2. The van der Waals surface area contributed by atoms with Gasteiger partial charge in [0.15, 0.2) is 0 Å². The Hall–Kier alpha value is -2.86. The average molecular weight is 259 g/mol. The molecule has 0 saturated carbocycles. The largest absolute Gasteiger partial charge is 0.280 e. The Morgan fingerprint density at radius 1 is 0.950 bits per heavy atom. The van der Waals surface area contributed by atoms with Crippen LogP contribution in [0.1, 0.15) is 16.8 Å². The van der Waals surface area contributed by atoms with Crippen LogP contribution in [0.2, 0.25) is 0 Å². The van der Waals surface area contributed by atoms with Gasteiger partial charge in [-0.05, 0) is 5.56 Å². The van der Waals surface area contributed by atoms with E-state index in [2.05, 4.69) is 16.3 Å². The molecule has 96 valence electrons. The van der Waals surface area contributed by atoms with Crippen LogP contribution in [0.5, 0.6) is 0 Å². The summed E-state index contributed by atoms with van der Waals surface area (Å²) < 4.78 is 0. The van der Waals surface area contributed by atoms with Crippen LogP contribution in [0.25, 0.3) is 11.3 Å². The predicted molar refractivity (Wildman–Crippen MR) is 78.0 cm³/mol. The van der Waals surface area contributed by atoms with Gasteiger partial charge in [0.05, 0.1) is 5.69 Å². The number of hydrogen-bond donors (Lipinski definition) is 1. The molecule has 0 aliphatic carbocycles. The minimum absolute atomic E-state index is 0.625. The lowest BCUT2D eigenvalue weighted by Crippen LogP contribution is -1.91. The van der Waals surface area contributed by atoms with E-state index in [0.29, 0.717) is 12.0 Å². The number of nitrogens with one attached hydrogen (secondary N) is 1. The summed E-state index contributed by atoms with van der Waals surface area (Å²) in [7, 11) is 0. The Balaban J connectivity index is 1.99. The highest BCUT2D eigenvalue weighted by Crippen LogP contribution is 2.24. The smallest absolute Gasteiger partial charge is 0.110 e. The Kier molecular flexibility index (Phi) is 3.30. The highest BCUT2D eigenvalue weighted by Gasteiger charge is 2.14. The van der Waals surface area contributed by atoms with E-state index >= 15 is 0 Å². The molecular formula is C17H13N3. The molecule has 3 aromatic rings. The van der Waals surface area contributed by atoms with Crippen molar-refractivity contribution in [3.8, 4) is 17.3 Å². The summed E-state index contributed by atoms with van der Waals surface area (Å²) in [5.74, 6) is 0. The normalized spacial score (nSPS) is 10.2. The van der Waals surface area contributed by atoms with Gasteiger partial charge in [0, 0.05) is 12.0 Å². The molecule has 3 heteroatoms. The maximum absolute atomic E-state index is 9.42. The second-order valence-electron chi connectivity index (χ2n) is 4.57. The van der Waals surface area contributed by atoms with Gasteiger partial charge < -0.3 is 0 Å². The minimum Gasteiger partial charge on any atom is -0.280 e. The first-order valence-electron chi connectivity index (χ1n) is 6.45. The SMILES string of the molecule is N#Cc1c(-c2ccccc2)n[nH]c1Cc1ccccc1. The van der Waals surface area contributed by atoms with Gasteiger partial charge in [0.2, 0.25) is 0 Å². The quantitative estimate of drug-likeness (QED) is 0.782. The molecular weight excluding hydrogens is 246 g/mol. The Morgan fingerprint density at radius 2 is 1.60 bits per heavy atom. The molecule has 3 rings (SSSR count). The zero-order valence-corrected chi connectivity index (χ0v) is 10.9. The molecule has 0 fully saturated rings. The number of hydrogen-bond acceptors (Lipinski definition) is 2. The van der Waals surface area contributed by atoms with Crippen LogP contribution in [-0.4, -0.2) is 10.2 Å². The molecule has 0 atom stereocenters. The van der Waals surface area contributed by atoms with Crippen molar-refractivity contribution >= 4 is 0 Å². The fourth-order valence-electron chi connectivity index (χ4n) is 2.23. The lowest BCUT2D eigenvalue weighted by molar-refractivity contribution is 0.996. The maximum atomic E-state index is 9.42. The first-order chi connectivity index (χ1) is 9.88. The molecule has 0 bridgehead atoms. The van der Waals surface area contributed by atoms with Crippen LogP contribution in [0.3, 0.4) is 0 Å². The molecule has 1 heterocycles. The Labute approximate surface area is 117 Å². The van der Waals surface area contributed by atoms with Gasteiger partial charge in [-0.2, -0.15) is 10.4 Å². The van der Waals surface area contributed by atoms with Crippen molar-refractivity contribution < 1.29 is 0 Å². The van der Waals surface area contributed by atoms with Crippen LogP contribution in [0.15, 0.2) is 60.7 Å². The van der Waals surface area contributed by atoms with E-state index in [0.717, 1.165) is 22.5 Å². The summed E-state index contributed by atoms with van der Waals surface area (Å²) in [4.78, 5) is 0. The lowest BCUT2D eigenvalue weighted by Gasteiger charge is -1.99. The van der Waals surface area contributed by atoms with Crippen molar-refractivity contribution in [3.63, 3.8) is 0 Å². The van der Waals surface area contributed by atoms with Crippen LogP contribution in [-0.2, 0) is 6.42 Å². The standard InChI is InChI=1S/C17H13N3/c18-12-15-16(11-13-7-3-1-4-8-13)19-20-17(15)14-9-5-2-6-10-14/h1-10H,11H2,(H,19,20). The van der Waals surface area contributed by atoms with E-state index in [1.165, 1.54) is 0 Å². The van der Waals surface area contributed by atoms with Crippen molar-refractivity contribution in [1.29, 1.82) is 5.26 Å². The third-order valence-electron chi connectivity index (χ3n) is 3.22. The molecule has 0 aliphatic heterocycles. The Morgan fingerprint density at radius 3 is 2.25 bits per heavy atom. The summed E-state index contributed by atoms with van der Waals surface area (Å²) in [5.41, 5.74) is 4.32. The number of nitrogens with zero attached hydrogens (tertiary/aromatic N) is 2. The topological polar surface area (TPSA) is 52.5 Å². The first-order valence-corrected chi connectivity index (χ1v) is 6.45. The fraction of sp³-hybridized carbons (Fsp3) is 0.0588. The van der Waals surface area contributed by atoms with E-state index < -0.39 is 0 Å². The summed E-state index contributed by atoms with van der Waals surface area (Å²) >= 11 is 0. The number of rotatable bonds is 3. The number of benzene rings is 2. The van der Waals surface area contributed by atoms with Gasteiger partial charge in [-0.1, -0.05) is 60.7 Å². The molecule has 1 N–H and O–H groups in total. The van der Waals surface area contributed by atoms with Gasteiger partial charge in [-0.15, -0.1) is 0 Å². The van der Waals surface area contributed by atoms with E-state index in [-0.39, 0.29) is 0 Å². The number of aromatic amines is 1. The van der Waals surface area contributed by atoms with Crippen molar-refractivity contribution in [1.82, 2.24) is 10.2 Å². The van der Waals surface area contributed by atoms with Gasteiger partial charge >= 0.3 is 0 Å². The van der Waals surface area contributed by atoms with Crippen LogP contribution < -0.4 is 0 Å². The fourth-order valence-corrected chi connectivity index (χ4v) is 2.23. The monoisotopic (exact) mass is 259 g/mol. The molecule has 2 aromatic carbocycles. The van der Waals surface area contributed by atoms with Crippen LogP contribution >= 0.6 is 0 Å². The first kappa shape index (κ1) is 12.2. The van der Waals surface area contributed by atoms with Gasteiger partial charge in [0.1, 0.15) is 17.3 Å². The third kappa shape index (κ3) is 2.32.